The minimum atomic E-state index is -1.17. The van der Waals surface area contributed by atoms with Crippen LogP contribution in [0.15, 0.2) is 27.1 Å². The van der Waals surface area contributed by atoms with E-state index in [1.807, 2.05) is 20.8 Å². The summed E-state index contributed by atoms with van der Waals surface area (Å²) < 4.78 is 6.21. The van der Waals surface area contributed by atoms with Crippen LogP contribution in [0.2, 0.25) is 0 Å². The number of carbonyl (C=O) groups excluding carboxylic acids is 2. The number of carboxylic acid groups (broad SMARTS) is 1. The normalized spacial score (nSPS) is 19.8. The fraction of sp³-hybridized carbons (Fsp3) is 0.389. The first-order valence-electron chi connectivity index (χ1n) is 8.46. The van der Waals surface area contributed by atoms with Crippen molar-refractivity contribution in [2.45, 2.75) is 32.2 Å². The molecule has 0 bridgehead atoms. The molecule has 1 aliphatic heterocycles. The molecule has 1 saturated heterocycles. The topological polar surface area (TPSA) is 126 Å². The Hall–Kier alpha value is -2.20. The van der Waals surface area contributed by atoms with Gasteiger partial charge < -0.3 is 20.6 Å². The summed E-state index contributed by atoms with van der Waals surface area (Å²) in [6, 6.07) is 4.17. The molecule has 2 atom stereocenters. The molecule has 8 nitrogen and oxygen atoms in total. The Balaban J connectivity index is 1.97. The number of carbonyl (C=O) groups is 3. The van der Waals surface area contributed by atoms with Gasteiger partial charge in [0.2, 0.25) is 11.7 Å². The molecule has 1 aromatic heterocycles. The highest BCUT2D eigenvalue weighted by Crippen LogP contribution is 2.41. The van der Waals surface area contributed by atoms with E-state index < -0.39 is 23.9 Å². The third-order valence-corrected chi connectivity index (χ3v) is 6.64. The van der Waals surface area contributed by atoms with E-state index in [0.717, 1.165) is 4.47 Å². The summed E-state index contributed by atoms with van der Waals surface area (Å²) in [5.74, 6) is -1.23. The van der Waals surface area contributed by atoms with Gasteiger partial charge >= 0.3 is 6.09 Å². The highest BCUT2D eigenvalue weighted by molar-refractivity contribution is 9.10. The molecule has 0 aliphatic carbocycles. The molecule has 28 heavy (non-hydrogen) atoms. The first-order chi connectivity index (χ1) is 13.0. The SMILES string of the molecule is CC(C)(C)[C@H]1SCC(C(=O)Nc2c(C(N)=O)oc3ccc(Br)cc23)N1C(=O)O. The second kappa shape index (κ2) is 7.32. The van der Waals surface area contributed by atoms with Crippen molar-refractivity contribution in [3.8, 4) is 0 Å². The smallest absolute Gasteiger partial charge is 0.408 e. The molecular weight excluding hydrogens is 450 g/mol. The van der Waals surface area contributed by atoms with Crippen molar-refractivity contribution in [3.05, 3.63) is 28.4 Å². The number of hydrogen-bond donors (Lipinski definition) is 3. The number of fused-ring (bicyclic) bond motifs is 1. The molecule has 3 amide bonds. The zero-order valence-electron chi connectivity index (χ0n) is 15.5. The lowest BCUT2D eigenvalue weighted by Gasteiger charge is -2.34. The number of primary amides is 1. The third-order valence-electron chi connectivity index (χ3n) is 4.39. The summed E-state index contributed by atoms with van der Waals surface area (Å²) in [5.41, 5.74) is 5.58. The van der Waals surface area contributed by atoms with Crippen molar-refractivity contribution >= 4 is 62.3 Å². The van der Waals surface area contributed by atoms with Crippen molar-refractivity contribution in [2.24, 2.45) is 11.1 Å². The van der Waals surface area contributed by atoms with Crippen LogP contribution in [0.1, 0.15) is 31.3 Å². The summed E-state index contributed by atoms with van der Waals surface area (Å²) >= 11 is 4.76. The van der Waals surface area contributed by atoms with Crippen LogP contribution < -0.4 is 11.1 Å². The number of nitrogens with two attached hydrogens (primary N) is 1. The van der Waals surface area contributed by atoms with Crippen LogP contribution >= 0.6 is 27.7 Å². The Kier molecular flexibility index (Phi) is 5.37. The molecule has 150 valence electrons. The van der Waals surface area contributed by atoms with E-state index in [2.05, 4.69) is 21.2 Å². The second-order valence-electron chi connectivity index (χ2n) is 7.56. The van der Waals surface area contributed by atoms with Crippen molar-refractivity contribution in [3.63, 3.8) is 0 Å². The lowest BCUT2D eigenvalue weighted by Crippen LogP contribution is -2.50. The third kappa shape index (κ3) is 3.70. The van der Waals surface area contributed by atoms with Crippen LogP contribution in [0.4, 0.5) is 10.5 Å². The van der Waals surface area contributed by atoms with Gasteiger partial charge in [0.15, 0.2) is 0 Å². The minimum absolute atomic E-state index is 0.142. The van der Waals surface area contributed by atoms with E-state index in [4.69, 9.17) is 10.2 Å². The number of halogens is 1. The maximum Gasteiger partial charge on any atom is 0.408 e. The van der Waals surface area contributed by atoms with Crippen LogP contribution in [0.5, 0.6) is 0 Å². The maximum absolute atomic E-state index is 13.0. The monoisotopic (exact) mass is 469 g/mol. The summed E-state index contributed by atoms with van der Waals surface area (Å²) in [7, 11) is 0. The van der Waals surface area contributed by atoms with Gasteiger partial charge in [-0.3, -0.25) is 14.5 Å². The zero-order valence-corrected chi connectivity index (χ0v) is 17.9. The van der Waals surface area contributed by atoms with Crippen molar-refractivity contribution in [1.82, 2.24) is 4.90 Å². The van der Waals surface area contributed by atoms with Crippen molar-refractivity contribution in [1.29, 1.82) is 0 Å². The predicted molar refractivity (Wildman–Crippen MR) is 110 cm³/mol. The van der Waals surface area contributed by atoms with Crippen LogP contribution in [-0.2, 0) is 4.79 Å². The molecule has 10 heteroatoms. The number of amides is 3. The Labute approximate surface area is 173 Å². The van der Waals surface area contributed by atoms with Gasteiger partial charge in [0.25, 0.3) is 5.91 Å². The number of hydrogen-bond acceptors (Lipinski definition) is 5. The van der Waals surface area contributed by atoms with Gasteiger partial charge in [-0.25, -0.2) is 4.79 Å². The largest absolute Gasteiger partial charge is 0.465 e. The van der Waals surface area contributed by atoms with E-state index in [0.29, 0.717) is 16.7 Å². The van der Waals surface area contributed by atoms with Gasteiger partial charge in [-0.2, -0.15) is 0 Å². The molecule has 0 saturated carbocycles. The molecule has 1 fully saturated rings. The highest BCUT2D eigenvalue weighted by Gasteiger charge is 2.46. The van der Waals surface area contributed by atoms with E-state index in [9.17, 15) is 19.5 Å². The van der Waals surface area contributed by atoms with Gasteiger partial charge in [-0.05, 0) is 23.6 Å². The molecule has 0 spiro atoms. The highest BCUT2D eigenvalue weighted by atomic mass is 79.9. The van der Waals surface area contributed by atoms with Crippen LogP contribution in [-0.4, -0.2) is 45.1 Å². The summed E-state index contributed by atoms with van der Waals surface area (Å²) in [6.45, 7) is 5.77. The van der Waals surface area contributed by atoms with Crippen molar-refractivity contribution < 1.29 is 23.9 Å². The molecule has 1 aromatic carbocycles. The number of nitrogens with one attached hydrogen (secondary N) is 1. The van der Waals surface area contributed by atoms with Gasteiger partial charge in [0, 0.05) is 15.6 Å². The molecule has 2 heterocycles. The number of benzene rings is 1. The number of anilines is 1. The zero-order chi connectivity index (χ0) is 20.8. The second-order valence-corrected chi connectivity index (χ2v) is 9.59. The number of rotatable bonds is 3. The molecule has 4 N–H and O–H groups in total. The predicted octanol–water partition coefficient (Wildman–Crippen LogP) is 3.70. The van der Waals surface area contributed by atoms with Crippen LogP contribution in [0.3, 0.4) is 0 Å². The Bertz CT molecular complexity index is 968. The number of furan rings is 1. The minimum Gasteiger partial charge on any atom is -0.465 e. The Morgan fingerprint density at radius 1 is 1.36 bits per heavy atom. The Morgan fingerprint density at radius 2 is 2.04 bits per heavy atom. The first kappa shape index (κ1) is 20.5. The molecule has 2 aromatic rings. The quantitative estimate of drug-likeness (QED) is 0.628. The van der Waals surface area contributed by atoms with E-state index >= 15 is 0 Å². The van der Waals surface area contributed by atoms with Gasteiger partial charge in [-0.1, -0.05) is 36.7 Å². The van der Waals surface area contributed by atoms with Crippen LogP contribution in [0, 0.1) is 5.41 Å². The summed E-state index contributed by atoms with van der Waals surface area (Å²) in [5, 5.41) is 12.5. The van der Waals surface area contributed by atoms with Crippen molar-refractivity contribution in [2.75, 3.05) is 11.1 Å². The van der Waals surface area contributed by atoms with Gasteiger partial charge in [0.1, 0.15) is 17.3 Å². The number of thioether (sulfide) groups is 1. The lowest BCUT2D eigenvalue weighted by molar-refractivity contribution is -0.120. The fourth-order valence-electron chi connectivity index (χ4n) is 3.18. The van der Waals surface area contributed by atoms with Gasteiger partial charge in [0.05, 0.1) is 5.37 Å². The molecule has 0 radical (unpaired) electrons. The molecule has 3 rings (SSSR count). The Morgan fingerprint density at radius 3 is 2.61 bits per heavy atom. The maximum atomic E-state index is 13.0. The van der Waals surface area contributed by atoms with Gasteiger partial charge in [-0.15, -0.1) is 11.8 Å². The summed E-state index contributed by atoms with van der Waals surface area (Å²) in [4.78, 5) is 37.8. The molecule has 1 aliphatic rings. The van der Waals surface area contributed by atoms with E-state index in [1.54, 1.807) is 18.2 Å². The molecule has 1 unspecified atom stereocenters. The lowest BCUT2D eigenvalue weighted by atomic mass is 9.95. The standard InChI is InChI=1S/C18H20BrN3O5S/c1-18(2,3)16-22(17(25)26)10(7-28-16)15(24)21-12-9-6-8(19)4-5-11(9)27-13(12)14(20)23/h4-6,10,16H,7H2,1-3H3,(H2,20,23)(H,21,24)(H,25,26)/t10?,16-/m1/s1. The van der Waals surface area contributed by atoms with E-state index in [1.165, 1.54) is 16.7 Å². The van der Waals surface area contributed by atoms with E-state index in [-0.39, 0.29) is 22.2 Å². The first-order valence-corrected chi connectivity index (χ1v) is 10.3. The average Bonchev–Trinajstić information content (AvgIpc) is 3.17. The average molecular weight is 470 g/mol. The fourth-order valence-corrected chi connectivity index (χ4v) is 5.12. The molecular formula is C18H20BrN3O5S. The summed E-state index contributed by atoms with van der Waals surface area (Å²) in [6.07, 6.45) is -1.17. The van der Waals surface area contributed by atoms with Crippen LogP contribution in [0.25, 0.3) is 11.0 Å². The number of nitrogens with zero attached hydrogens (tertiary/aromatic N) is 1.